The van der Waals surface area contributed by atoms with Crippen molar-refractivity contribution < 1.29 is 9.59 Å². The van der Waals surface area contributed by atoms with Crippen molar-refractivity contribution in [1.29, 1.82) is 0 Å². The fourth-order valence-electron chi connectivity index (χ4n) is 2.09. The van der Waals surface area contributed by atoms with E-state index in [1.165, 1.54) is 0 Å². The molecule has 2 amide bonds. The normalized spacial score (nSPS) is 18.2. The Morgan fingerprint density at radius 1 is 1.42 bits per heavy atom. The summed E-state index contributed by atoms with van der Waals surface area (Å²) in [4.78, 5) is 23.2. The van der Waals surface area contributed by atoms with Gasteiger partial charge < -0.3 is 16.0 Å². The first kappa shape index (κ1) is 13.5. The Labute approximate surface area is 112 Å². The maximum absolute atomic E-state index is 12.0. The van der Waals surface area contributed by atoms with E-state index in [-0.39, 0.29) is 11.8 Å². The summed E-state index contributed by atoms with van der Waals surface area (Å²) >= 11 is 0. The lowest BCUT2D eigenvalue weighted by Gasteiger charge is -2.14. The monoisotopic (exact) mass is 261 g/mol. The van der Waals surface area contributed by atoms with E-state index in [0.29, 0.717) is 19.4 Å². The van der Waals surface area contributed by atoms with Crippen molar-refractivity contribution in [3.05, 3.63) is 29.8 Å². The van der Waals surface area contributed by atoms with Crippen LogP contribution in [0.5, 0.6) is 0 Å². The maximum Gasteiger partial charge on any atom is 0.246 e. The number of benzene rings is 1. The predicted molar refractivity (Wildman–Crippen MR) is 73.6 cm³/mol. The maximum atomic E-state index is 12.0. The summed E-state index contributed by atoms with van der Waals surface area (Å²) in [6.45, 7) is 3.63. The number of anilines is 1. The van der Waals surface area contributed by atoms with Gasteiger partial charge in [-0.2, -0.15) is 0 Å². The molecule has 0 saturated carbocycles. The van der Waals surface area contributed by atoms with Crippen LogP contribution < -0.4 is 16.0 Å². The molecule has 0 bridgehead atoms. The number of hydrogen-bond donors (Lipinski definition) is 3. The molecule has 0 aromatic heterocycles. The van der Waals surface area contributed by atoms with E-state index in [4.69, 9.17) is 0 Å². The fourth-order valence-corrected chi connectivity index (χ4v) is 2.09. The Morgan fingerprint density at radius 2 is 2.21 bits per heavy atom. The van der Waals surface area contributed by atoms with Crippen molar-refractivity contribution in [2.45, 2.75) is 32.4 Å². The van der Waals surface area contributed by atoms with Crippen LogP contribution in [0.25, 0.3) is 0 Å². The molecule has 1 aliphatic rings. The van der Waals surface area contributed by atoms with E-state index < -0.39 is 6.04 Å². The van der Waals surface area contributed by atoms with Crippen LogP contribution in [-0.4, -0.2) is 24.4 Å². The minimum atomic E-state index is -0.403. The number of para-hydroxylation sites is 1. The van der Waals surface area contributed by atoms with Crippen molar-refractivity contribution in [3.8, 4) is 0 Å². The van der Waals surface area contributed by atoms with Gasteiger partial charge in [-0.3, -0.25) is 9.59 Å². The minimum Gasteiger partial charge on any atom is -0.344 e. The van der Waals surface area contributed by atoms with Gasteiger partial charge in [0, 0.05) is 18.7 Å². The topological polar surface area (TPSA) is 70.2 Å². The molecule has 102 valence electrons. The van der Waals surface area contributed by atoms with Gasteiger partial charge in [-0.1, -0.05) is 25.1 Å². The van der Waals surface area contributed by atoms with Crippen molar-refractivity contribution in [2.75, 3.05) is 11.9 Å². The molecule has 1 atom stereocenters. The summed E-state index contributed by atoms with van der Waals surface area (Å²) in [7, 11) is 0. The van der Waals surface area contributed by atoms with Crippen molar-refractivity contribution in [3.63, 3.8) is 0 Å². The average molecular weight is 261 g/mol. The number of nitrogens with one attached hydrogen (secondary N) is 3. The first-order chi connectivity index (χ1) is 9.20. The molecule has 5 heteroatoms. The van der Waals surface area contributed by atoms with Crippen LogP contribution in [-0.2, 0) is 16.1 Å². The molecule has 0 spiro atoms. The van der Waals surface area contributed by atoms with Gasteiger partial charge in [-0.15, -0.1) is 0 Å². The summed E-state index contributed by atoms with van der Waals surface area (Å²) < 4.78 is 0. The Bertz CT molecular complexity index is 474. The molecule has 5 nitrogen and oxygen atoms in total. The van der Waals surface area contributed by atoms with E-state index in [1.807, 2.05) is 31.2 Å². The first-order valence-corrected chi connectivity index (χ1v) is 6.59. The average Bonchev–Trinajstić information content (AvgIpc) is 2.84. The number of carbonyl (C=O) groups is 2. The highest BCUT2D eigenvalue weighted by molar-refractivity contribution is 5.99. The summed E-state index contributed by atoms with van der Waals surface area (Å²) in [5.41, 5.74) is 1.84. The van der Waals surface area contributed by atoms with E-state index in [0.717, 1.165) is 17.8 Å². The quantitative estimate of drug-likeness (QED) is 0.741. The zero-order valence-corrected chi connectivity index (χ0v) is 11.0. The van der Waals surface area contributed by atoms with Crippen molar-refractivity contribution >= 4 is 17.5 Å². The highest BCUT2D eigenvalue weighted by Gasteiger charge is 2.27. The van der Waals surface area contributed by atoms with Crippen LogP contribution in [0.1, 0.15) is 25.3 Å². The van der Waals surface area contributed by atoms with Gasteiger partial charge >= 0.3 is 0 Å². The van der Waals surface area contributed by atoms with E-state index >= 15 is 0 Å². The molecular weight excluding hydrogens is 242 g/mol. The van der Waals surface area contributed by atoms with Crippen LogP contribution in [0, 0.1) is 0 Å². The van der Waals surface area contributed by atoms with E-state index in [2.05, 4.69) is 16.0 Å². The number of carbonyl (C=O) groups excluding carboxylic acids is 2. The molecule has 19 heavy (non-hydrogen) atoms. The van der Waals surface area contributed by atoms with Gasteiger partial charge in [0.05, 0.1) is 0 Å². The molecule has 0 radical (unpaired) electrons. The van der Waals surface area contributed by atoms with Crippen molar-refractivity contribution in [2.24, 2.45) is 0 Å². The Morgan fingerprint density at radius 3 is 2.89 bits per heavy atom. The van der Waals surface area contributed by atoms with Crippen LogP contribution in [0.15, 0.2) is 24.3 Å². The third-order valence-electron chi connectivity index (χ3n) is 3.15. The smallest absolute Gasteiger partial charge is 0.246 e. The third kappa shape index (κ3) is 3.54. The molecule has 3 N–H and O–H groups in total. The van der Waals surface area contributed by atoms with Gasteiger partial charge in [0.15, 0.2) is 0 Å². The lowest BCUT2D eigenvalue weighted by Crippen LogP contribution is -2.37. The molecule has 1 heterocycles. The Balaban J connectivity index is 2.01. The second-order valence-corrected chi connectivity index (χ2v) is 4.59. The van der Waals surface area contributed by atoms with Gasteiger partial charge in [0.1, 0.15) is 6.04 Å². The lowest BCUT2D eigenvalue weighted by atomic mass is 10.1. The van der Waals surface area contributed by atoms with E-state index in [9.17, 15) is 9.59 Å². The lowest BCUT2D eigenvalue weighted by molar-refractivity contribution is -0.122. The highest BCUT2D eigenvalue weighted by atomic mass is 16.2. The molecule has 1 aromatic rings. The minimum absolute atomic E-state index is 0.0546. The number of hydrogen-bond acceptors (Lipinski definition) is 3. The summed E-state index contributed by atoms with van der Waals surface area (Å²) in [6.07, 6.45) is 0.997. The van der Waals surface area contributed by atoms with Crippen LogP contribution in [0.2, 0.25) is 0 Å². The number of rotatable bonds is 5. The van der Waals surface area contributed by atoms with Gasteiger partial charge in [0.25, 0.3) is 0 Å². The molecular formula is C14H19N3O2. The highest BCUT2D eigenvalue weighted by Crippen LogP contribution is 2.16. The summed E-state index contributed by atoms with van der Waals surface area (Å²) in [5, 5.41) is 8.79. The Hall–Kier alpha value is -1.88. The van der Waals surface area contributed by atoms with Crippen molar-refractivity contribution in [1.82, 2.24) is 10.6 Å². The van der Waals surface area contributed by atoms with Gasteiger partial charge in [-0.25, -0.2) is 0 Å². The summed E-state index contributed by atoms with van der Waals surface area (Å²) in [6, 6.07) is 7.28. The second-order valence-electron chi connectivity index (χ2n) is 4.59. The van der Waals surface area contributed by atoms with Gasteiger partial charge in [-0.05, 0) is 24.6 Å². The van der Waals surface area contributed by atoms with Crippen LogP contribution in [0.4, 0.5) is 5.69 Å². The Kier molecular flexibility index (Phi) is 4.52. The van der Waals surface area contributed by atoms with Crippen LogP contribution >= 0.6 is 0 Å². The zero-order valence-electron chi connectivity index (χ0n) is 11.0. The standard InChI is InChI=1S/C14H19N3O2/c1-2-15-9-10-5-3-4-6-11(10)17-14(19)12-7-8-13(18)16-12/h3-6,12,15H,2,7-9H2,1H3,(H,16,18)(H,17,19)/t12-/m0/s1. The predicted octanol–water partition coefficient (Wildman–Crippen LogP) is 1.01. The first-order valence-electron chi connectivity index (χ1n) is 6.59. The molecule has 1 aliphatic heterocycles. The second kappa shape index (κ2) is 6.33. The molecule has 1 fully saturated rings. The number of amides is 2. The molecule has 0 unspecified atom stereocenters. The molecule has 1 saturated heterocycles. The summed E-state index contributed by atoms with van der Waals surface area (Å²) in [5.74, 6) is -0.198. The molecule has 0 aliphatic carbocycles. The van der Waals surface area contributed by atoms with Crippen LogP contribution in [0.3, 0.4) is 0 Å². The fraction of sp³-hybridized carbons (Fsp3) is 0.429. The molecule has 1 aromatic carbocycles. The zero-order chi connectivity index (χ0) is 13.7. The SMILES string of the molecule is CCNCc1ccccc1NC(=O)[C@@H]1CCC(=O)N1. The van der Waals surface area contributed by atoms with Gasteiger partial charge in [0.2, 0.25) is 11.8 Å². The third-order valence-corrected chi connectivity index (χ3v) is 3.15. The van der Waals surface area contributed by atoms with E-state index in [1.54, 1.807) is 0 Å². The molecule has 2 rings (SSSR count). The largest absolute Gasteiger partial charge is 0.344 e.